The molecule has 0 radical (unpaired) electrons. The zero-order valence-corrected chi connectivity index (χ0v) is 17.7. The van der Waals surface area contributed by atoms with Crippen LogP contribution >= 0.6 is 35.4 Å². The van der Waals surface area contributed by atoms with Crippen LogP contribution in [0.4, 0.5) is 0 Å². The molecule has 0 spiro atoms. The second-order valence-corrected chi connectivity index (χ2v) is 7.19. The minimum absolute atomic E-state index is 0.219. The molecule has 0 heterocycles. The summed E-state index contributed by atoms with van der Waals surface area (Å²) in [5.74, 6) is -0.243. The fraction of sp³-hybridized carbons (Fsp3) is 0.0952. The number of esters is 1. The lowest BCUT2D eigenvalue weighted by Gasteiger charge is -2.11. The third-order valence-electron chi connectivity index (χ3n) is 3.98. The minimum atomic E-state index is -0.590. The summed E-state index contributed by atoms with van der Waals surface area (Å²) in [7, 11) is 0. The van der Waals surface area contributed by atoms with E-state index in [4.69, 9.17) is 40.2 Å². The number of rotatable bonds is 5. The zero-order chi connectivity index (χ0) is 20.8. The topological polar surface area (TPSA) is 62.7 Å². The molecule has 0 amide bonds. The van der Waals surface area contributed by atoms with Crippen LogP contribution in [-0.4, -0.2) is 23.8 Å². The van der Waals surface area contributed by atoms with E-state index < -0.39 is 5.97 Å². The number of thiocarbonyl (C=S) groups is 1. The largest absolute Gasteiger partial charge is 0.422 e. The number of halogens is 2. The second kappa shape index (κ2) is 9.69. The highest BCUT2D eigenvalue weighted by Crippen LogP contribution is 2.29. The van der Waals surface area contributed by atoms with E-state index in [2.05, 4.69) is 15.8 Å². The average molecular weight is 446 g/mol. The number of hydrogen-bond acceptors (Lipinski definition) is 4. The Labute approximate surface area is 183 Å². The number of nitrogens with zero attached hydrogens (tertiary/aromatic N) is 1. The normalized spacial score (nSPS) is 10.9. The molecule has 0 aliphatic rings. The monoisotopic (exact) mass is 445 g/mol. The molecule has 3 aromatic rings. The second-order valence-electron chi connectivity index (χ2n) is 5.94. The van der Waals surface area contributed by atoms with Gasteiger partial charge >= 0.3 is 5.97 Å². The summed E-state index contributed by atoms with van der Waals surface area (Å²) in [6, 6.07) is 15.9. The van der Waals surface area contributed by atoms with Crippen molar-refractivity contribution in [2.75, 3.05) is 6.54 Å². The Kier molecular flexibility index (Phi) is 7.04. The van der Waals surface area contributed by atoms with Crippen molar-refractivity contribution < 1.29 is 9.53 Å². The van der Waals surface area contributed by atoms with E-state index in [9.17, 15) is 4.79 Å². The molecule has 0 fully saturated rings. The van der Waals surface area contributed by atoms with Gasteiger partial charge in [0, 0.05) is 17.1 Å². The van der Waals surface area contributed by atoms with Gasteiger partial charge < -0.3 is 10.1 Å². The predicted molar refractivity (Wildman–Crippen MR) is 122 cm³/mol. The van der Waals surface area contributed by atoms with Crippen LogP contribution in [0.5, 0.6) is 5.75 Å². The van der Waals surface area contributed by atoms with Crippen LogP contribution in [-0.2, 0) is 0 Å². The van der Waals surface area contributed by atoms with Crippen molar-refractivity contribution in [2.24, 2.45) is 5.10 Å². The number of carbonyl (C=O) groups is 1. The average Bonchev–Trinajstić information content (AvgIpc) is 2.69. The van der Waals surface area contributed by atoms with Crippen molar-refractivity contribution in [3.05, 3.63) is 75.8 Å². The molecule has 0 aliphatic heterocycles. The van der Waals surface area contributed by atoms with Crippen molar-refractivity contribution in [3.63, 3.8) is 0 Å². The molecule has 3 rings (SSSR count). The Morgan fingerprint density at radius 3 is 2.72 bits per heavy atom. The highest BCUT2D eigenvalue weighted by atomic mass is 35.5. The molecule has 0 saturated carbocycles. The lowest BCUT2D eigenvalue weighted by molar-refractivity contribution is 0.0735. The van der Waals surface area contributed by atoms with E-state index in [0.717, 1.165) is 10.8 Å². The summed E-state index contributed by atoms with van der Waals surface area (Å²) in [6.07, 6.45) is 1.57. The maximum atomic E-state index is 12.7. The van der Waals surface area contributed by atoms with Gasteiger partial charge in [0.15, 0.2) is 5.11 Å². The van der Waals surface area contributed by atoms with Gasteiger partial charge in [-0.15, -0.1) is 0 Å². The smallest absolute Gasteiger partial charge is 0.345 e. The molecule has 8 heteroatoms. The third kappa shape index (κ3) is 5.23. The molecule has 0 bridgehead atoms. The highest BCUT2D eigenvalue weighted by Gasteiger charge is 2.16. The van der Waals surface area contributed by atoms with Gasteiger partial charge in [0.1, 0.15) is 5.75 Å². The van der Waals surface area contributed by atoms with Gasteiger partial charge in [-0.2, -0.15) is 5.10 Å². The first-order valence-corrected chi connectivity index (χ1v) is 9.92. The number of hydrogen-bond donors (Lipinski definition) is 2. The quantitative estimate of drug-likeness (QED) is 0.186. The van der Waals surface area contributed by atoms with E-state index >= 15 is 0 Å². The Bertz CT molecular complexity index is 1100. The molecular formula is C21H17Cl2N3O2S. The number of benzene rings is 3. The van der Waals surface area contributed by atoms with Crippen LogP contribution in [0.1, 0.15) is 22.8 Å². The Hall–Kier alpha value is -2.67. The summed E-state index contributed by atoms with van der Waals surface area (Å²) >= 11 is 17.1. The van der Waals surface area contributed by atoms with E-state index in [0.29, 0.717) is 28.0 Å². The summed E-state index contributed by atoms with van der Waals surface area (Å²) in [6.45, 7) is 2.61. The number of hydrazone groups is 1. The molecule has 29 heavy (non-hydrogen) atoms. The first-order chi connectivity index (χ1) is 14.0. The molecular weight excluding hydrogens is 429 g/mol. The van der Waals surface area contributed by atoms with Crippen molar-refractivity contribution >= 4 is 63.5 Å². The maximum absolute atomic E-state index is 12.7. The Morgan fingerprint density at radius 2 is 1.97 bits per heavy atom. The molecule has 5 nitrogen and oxygen atoms in total. The van der Waals surface area contributed by atoms with Crippen molar-refractivity contribution in [1.82, 2.24) is 10.7 Å². The predicted octanol–water partition coefficient (Wildman–Crippen LogP) is 5.18. The summed E-state index contributed by atoms with van der Waals surface area (Å²) in [5.41, 5.74) is 3.59. The van der Waals surface area contributed by atoms with Gasteiger partial charge in [-0.3, -0.25) is 5.43 Å². The lowest BCUT2D eigenvalue weighted by Crippen LogP contribution is -2.31. The highest BCUT2D eigenvalue weighted by molar-refractivity contribution is 7.80. The molecule has 3 aromatic carbocycles. The van der Waals surface area contributed by atoms with Crippen LogP contribution in [0.15, 0.2) is 59.7 Å². The van der Waals surface area contributed by atoms with Crippen LogP contribution < -0.4 is 15.5 Å². The fourth-order valence-corrected chi connectivity index (χ4v) is 3.35. The number of fused-ring (bicyclic) bond motifs is 1. The van der Waals surface area contributed by atoms with Crippen LogP contribution in [0.2, 0.25) is 10.0 Å². The van der Waals surface area contributed by atoms with E-state index in [1.165, 1.54) is 12.1 Å². The first-order valence-electron chi connectivity index (χ1n) is 8.75. The number of nitrogens with one attached hydrogen (secondary N) is 2. The van der Waals surface area contributed by atoms with E-state index in [1.807, 2.05) is 37.3 Å². The summed E-state index contributed by atoms with van der Waals surface area (Å²) in [5, 5.41) is 10.0. The van der Waals surface area contributed by atoms with Crippen molar-refractivity contribution in [3.8, 4) is 5.75 Å². The van der Waals surface area contributed by atoms with Gasteiger partial charge in [0.05, 0.1) is 16.8 Å². The molecule has 0 saturated heterocycles. The van der Waals surface area contributed by atoms with E-state index in [1.54, 1.807) is 18.3 Å². The van der Waals surface area contributed by atoms with Crippen molar-refractivity contribution in [2.45, 2.75) is 6.92 Å². The van der Waals surface area contributed by atoms with Crippen LogP contribution in [0.3, 0.4) is 0 Å². The fourth-order valence-electron chi connectivity index (χ4n) is 2.66. The van der Waals surface area contributed by atoms with Gasteiger partial charge in [0.2, 0.25) is 0 Å². The standard InChI is InChI=1S/C21H17Cl2N3O2S/c1-2-24-21(29)26-25-12-17-15-6-4-3-5-13(15)7-10-19(17)28-20(27)16-9-8-14(22)11-18(16)23/h3-12H,2H2,1H3,(H2,24,26,29). The molecule has 0 atom stereocenters. The van der Waals surface area contributed by atoms with Crippen molar-refractivity contribution in [1.29, 1.82) is 0 Å². The minimum Gasteiger partial charge on any atom is -0.422 e. The zero-order valence-electron chi connectivity index (χ0n) is 15.4. The SMILES string of the molecule is CCNC(=S)NN=Cc1c(OC(=O)c2ccc(Cl)cc2Cl)ccc2ccccc12. The molecule has 0 aliphatic carbocycles. The van der Waals surface area contributed by atoms with Crippen LogP contribution in [0.25, 0.3) is 10.8 Å². The van der Waals surface area contributed by atoms with Crippen LogP contribution in [0, 0.1) is 0 Å². The lowest BCUT2D eigenvalue weighted by atomic mass is 10.0. The summed E-state index contributed by atoms with van der Waals surface area (Å²) < 4.78 is 5.63. The molecule has 0 unspecified atom stereocenters. The molecule has 2 N–H and O–H groups in total. The number of carbonyl (C=O) groups excluding carboxylic acids is 1. The Morgan fingerprint density at radius 1 is 1.17 bits per heavy atom. The van der Waals surface area contributed by atoms with E-state index in [-0.39, 0.29) is 10.6 Å². The van der Waals surface area contributed by atoms with Gasteiger partial charge in [-0.25, -0.2) is 4.79 Å². The third-order valence-corrected chi connectivity index (χ3v) is 4.76. The van der Waals surface area contributed by atoms with Gasteiger partial charge in [0.25, 0.3) is 0 Å². The van der Waals surface area contributed by atoms with Gasteiger partial charge in [-0.05, 0) is 54.2 Å². The summed E-state index contributed by atoms with van der Waals surface area (Å²) in [4.78, 5) is 12.7. The first kappa shape index (κ1) is 21.0. The number of ether oxygens (including phenoxy) is 1. The Balaban J connectivity index is 1.95. The van der Waals surface area contributed by atoms with Gasteiger partial charge in [-0.1, -0.05) is 53.5 Å². The molecule has 148 valence electrons. The maximum Gasteiger partial charge on any atom is 0.345 e. The molecule has 0 aromatic heterocycles.